The van der Waals surface area contributed by atoms with Crippen LogP contribution >= 0.6 is 0 Å². The summed E-state index contributed by atoms with van der Waals surface area (Å²) in [6.07, 6.45) is 0. The first-order valence-corrected chi connectivity index (χ1v) is 5.31. The summed E-state index contributed by atoms with van der Waals surface area (Å²) in [6.45, 7) is 5.58. The summed E-state index contributed by atoms with van der Waals surface area (Å²) in [5.41, 5.74) is 0. The third kappa shape index (κ3) is 1.53. The molecule has 1 atom stereocenters. The monoisotopic (exact) mass is 198 g/mol. The smallest absolute Gasteiger partial charge is 0.245 e. The lowest BCUT2D eigenvalue weighted by Gasteiger charge is -2.52. The van der Waals surface area contributed by atoms with Crippen molar-refractivity contribution in [2.45, 2.75) is 6.04 Å². The fourth-order valence-corrected chi connectivity index (χ4v) is 2.52. The Hall–Kier alpha value is -0.610. The molecule has 3 aliphatic rings. The van der Waals surface area contributed by atoms with E-state index in [1.807, 2.05) is 14.1 Å². The van der Waals surface area contributed by atoms with Gasteiger partial charge in [0.15, 0.2) is 0 Å². The van der Waals surface area contributed by atoms with Gasteiger partial charge < -0.3 is 9.38 Å². The van der Waals surface area contributed by atoms with Crippen LogP contribution in [0.3, 0.4) is 0 Å². The maximum atomic E-state index is 11.9. The Kier molecular flexibility index (Phi) is 2.27. The second kappa shape index (κ2) is 3.21. The number of likely N-dealkylation sites (N-methyl/N-ethyl adjacent to an activating group) is 2. The molecule has 0 N–H and O–H groups in total. The molecule has 1 amide bonds. The molecule has 3 heterocycles. The summed E-state index contributed by atoms with van der Waals surface area (Å²) in [5, 5.41) is 0. The van der Waals surface area contributed by atoms with Gasteiger partial charge in [-0.1, -0.05) is 0 Å². The van der Waals surface area contributed by atoms with Gasteiger partial charge in [0.2, 0.25) is 5.91 Å². The van der Waals surface area contributed by atoms with Crippen molar-refractivity contribution in [1.29, 1.82) is 0 Å². The van der Waals surface area contributed by atoms with Gasteiger partial charge in [-0.05, 0) is 0 Å². The van der Waals surface area contributed by atoms with Crippen molar-refractivity contribution < 1.29 is 9.28 Å². The number of piperazine rings is 3. The average molecular weight is 198 g/mol. The van der Waals surface area contributed by atoms with Crippen molar-refractivity contribution in [1.82, 2.24) is 9.80 Å². The predicted octanol–water partition coefficient (Wildman–Crippen LogP) is -0.781. The molecule has 0 spiro atoms. The van der Waals surface area contributed by atoms with E-state index in [1.54, 1.807) is 4.90 Å². The Morgan fingerprint density at radius 3 is 2.36 bits per heavy atom. The van der Waals surface area contributed by atoms with Crippen LogP contribution in [0.25, 0.3) is 0 Å². The number of carbonyl (C=O) groups excluding carboxylic acids is 1. The topological polar surface area (TPSA) is 23.6 Å². The summed E-state index contributed by atoms with van der Waals surface area (Å²) < 4.78 is 1.08. The van der Waals surface area contributed by atoms with Crippen LogP contribution in [-0.4, -0.2) is 80.1 Å². The fraction of sp³-hybridized carbons (Fsp3) is 0.900. The van der Waals surface area contributed by atoms with E-state index in [-0.39, 0.29) is 11.9 Å². The first kappa shape index (κ1) is 9.93. The SMILES string of the molecule is CN(C)C(=O)C1C[N+]2(C)CCN1CC2. The highest BCUT2D eigenvalue weighted by atomic mass is 16.2. The molecule has 3 rings (SSSR count). The van der Waals surface area contributed by atoms with Crippen molar-refractivity contribution in [2.24, 2.45) is 0 Å². The number of carbonyl (C=O) groups is 1. The fourth-order valence-electron chi connectivity index (χ4n) is 2.52. The van der Waals surface area contributed by atoms with Gasteiger partial charge in [-0.15, -0.1) is 0 Å². The molecule has 0 radical (unpaired) electrons. The molecule has 1 unspecified atom stereocenters. The molecule has 80 valence electrons. The van der Waals surface area contributed by atoms with Crippen molar-refractivity contribution in [3.05, 3.63) is 0 Å². The molecule has 3 fully saturated rings. The molecule has 0 aromatic rings. The van der Waals surface area contributed by atoms with Crippen LogP contribution in [0.5, 0.6) is 0 Å². The zero-order valence-electron chi connectivity index (χ0n) is 9.36. The molecule has 0 aliphatic carbocycles. The highest BCUT2D eigenvalue weighted by Crippen LogP contribution is 2.22. The average Bonchev–Trinajstić information content (AvgIpc) is 2.16. The first-order valence-electron chi connectivity index (χ1n) is 5.31. The van der Waals surface area contributed by atoms with Crippen molar-refractivity contribution in [3.8, 4) is 0 Å². The second-order valence-electron chi connectivity index (χ2n) is 5.03. The molecule has 4 heteroatoms. The molecule has 3 saturated heterocycles. The number of fused-ring (bicyclic) bond motifs is 3. The molecule has 0 saturated carbocycles. The van der Waals surface area contributed by atoms with Gasteiger partial charge >= 0.3 is 0 Å². The van der Waals surface area contributed by atoms with E-state index in [4.69, 9.17) is 0 Å². The van der Waals surface area contributed by atoms with Crippen LogP contribution in [0.2, 0.25) is 0 Å². The van der Waals surface area contributed by atoms with E-state index in [9.17, 15) is 4.79 Å². The van der Waals surface area contributed by atoms with Crippen LogP contribution in [0.15, 0.2) is 0 Å². The van der Waals surface area contributed by atoms with Crippen molar-refractivity contribution in [2.75, 3.05) is 53.9 Å². The van der Waals surface area contributed by atoms with Gasteiger partial charge in [0.25, 0.3) is 0 Å². The minimum atomic E-state index is 0.137. The van der Waals surface area contributed by atoms with E-state index in [0.717, 1.165) is 24.1 Å². The van der Waals surface area contributed by atoms with Gasteiger partial charge in [-0.2, -0.15) is 0 Å². The molecule has 2 bridgehead atoms. The van der Waals surface area contributed by atoms with Gasteiger partial charge in [-0.25, -0.2) is 0 Å². The predicted molar refractivity (Wildman–Crippen MR) is 54.8 cm³/mol. The van der Waals surface area contributed by atoms with Crippen LogP contribution in [-0.2, 0) is 4.79 Å². The molecular weight excluding hydrogens is 178 g/mol. The molecular formula is C10H20N3O+. The molecule has 14 heavy (non-hydrogen) atoms. The number of quaternary nitrogens is 1. The summed E-state index contributed by atoms with van der Waals surface area (Å²) in [4.78, 5) is 16.0. The quantitative estimate of drug-likeness (QED) is 0.516. The van der Waals surface area contributed by atoms with E-state index in [1.165, 1.54) is 13.1 Å². The van der Waals surface area contributed by atoms with Crippen molar-refractivity contribution in [3.63, 3.8) is 0 Å². The Labute approximate surface area is 85.7 Å². The zero-order valence-corrected chi connectivity index (χ0v) is 9.36. The summed E-state index contributed by atoms with van der Waals surface area (Å²) in [7, 11) is 5.97. The molecule has 4 nitrogen and oxygen atoms in total. The van der Waals surface area contributed by atoms with Gasteiger partial charge in [0.05, 0.1) is 20.1 Å². The minimum absolute atomic E-state index is 0.137. The minimum Gasteiger partial charge on any atom is -0.347 e. The Bertz CT molecular complexity index is 244. The van der Waals surface area contributed by atoms with Gasteiger partial charge in [0, 0.05) is 27.2 Å². The highest BCUT2D eigenvalue weighted by molar-refractivity contribution is 5.81. The van der Waals surface area contributed by atoms with Crippen LogP contribution in [0.1, 0.15) is 0 Å². The largest absolute Gasteiger partial charge is 0.347 e. The number of rotatable bonds is 1. The van der Waals surface area contributed by atoms with E-state index < -0.39 is 0 Å². The van der Waals surface area contributed by atoms with Gasteiger partial charge in [-0.3, -0.25) is 9.69 Å². The Morgan fingerprint density at radius 1 is 1.36 bits per heavy atom. The highest BCUT2D eigenvalue weighted by Gasteiger charge is 2.45. The second-order valence-corrected chi connectivity index (χ2v) is 5.03. The first-order chi connectivity index (χ1) is 6.52. The lowest BCUT2D eigenvalue weighted by Crippen LogP contribution is -2.71. The van der Waals surface area contributed by atoms with Crippen LogP contribution in [0, 0.1) is 0 Å². The molecule has 0 aromatic heterocycles. The molecule has 3 aliphatic heterocycles. The third-order valence-corrected chi connectivity index (χ3v) is 3.63. The zero-order chi connectivity index (χ0) is 10.3. The van der Waals surface area contributed by atoms with Gasteiger partial charge in [0.1, 0.15) is 12.6 Å². The number of amides is 1. The maximum absolute atomic E-state index is 11.9. The normalized spacial score (nSPS) is 41.1. The Morgan fingerprint density at radius 2 is 1.93 bits per heavy atom. The summed E-state index contributed by atoms with van der Waals surface area (Å²) >= 11 is 0. The lowest BCUT2D eigenvalue weighted by molar-refractivity contribution is -0.925. The van der Waals surface area contributed by atoms with E-state index in [2.05, 4.69) is 11.9 Å². The van der Waals surface area contributed by atoms with E-state index in [0.29, 0.717) is 0 Å². The number of hydrogen-bond donors (Lipinski definition) is 0. The van der Waals surface area contributed by atoms with E-state index >= 15 is 0 Å². The standard InChI is InChI=1S/C10H20N3O/c1-11(2)10(14)9-8-13(3)6-4-12(9)5-7-13/h9H,4-8H2,1-3H3/q+1. The number of nitrogens with zero attached hydrogens (tertiary/aromatic N) is 3. The lowest BCUT2D eigenvalue weighted by atomic mass is 10.0. The van der Waals surface area contributed by atoms with Crippen LogP contribution in [0.4, 0.5) is 0 Å². The van der Waals surface area contributed by atoms with Crippen molar-refractivity contribution >= 4 is 5.91 Å². The Balaban J connectivity index is 2.11. The number of hydrogen-bond acceptors (Lipinski definition) is 2. The summed E-state index contributed by atoms with van der Waals surface area (Å²) in [5.74, 6) is 0.272. The summed E-state index contributed by atoms with van der Waals surface area (Å²) in [6, 6.07) is 0.137. The van der Waals surface area contributed by atoms with Crippen LogP contribution < -0.4 is 0 Å². The molecule has 0 aromatic carbocycles. The third-order valence-electron chi connectivity index (χ3n) is 3.63. The maximum Gasteiger partial charge on any atom is 0.245 e.